The Hall–Kier alpha value is -3.53. The zero-order chi connectivity index (χ0) is 22.5. The summed E-state index contributed by atoms with van der Waals surface area (Å²) in [5.41, 5.74) is 2.25. The summed E-state index contributed by atoms with van der Waals surface area (Å²) in [5.74, 6) is 2.45. The Balaban J connectivity index is 1.46. The van der Waals surface area contributed by atoms with Crippen molar-refractivity contribution >= 4 is 29.0 Å². The van der Waals surface area contributed by atoms with Gasteiger partial charge in [0.05, 0.1) is 23.8 Å². The fraction of sp³-hybridized carbons (Fsp3) is 0.409. The largest absolute Gasteiger partial charge is 0.439 e. The van der Waals surface area contributed by atoms with Crippen molar-refractivity contribution < 1.29 is 13.9 Å². The van der Waals surface area contributed by atoms with Crippen LogP contribution in [0.25, 0.3) is 11.5 Å². The number of amides is 1. The van der Waals surface area contributed by atoms with Gasteiger partial charge in [-0.25, -0.2) is 9.97 Å². The van der Waals surface area contributed by atoms with Crippen LogP contribution in [-0.2, 0) is 9.53 Å². The van der Waals surface area contributed by atoms with Crippen molar-refractivity contribution in [2.45, 2.75) is 32.2 Å². The lowest BCUT2D eigenvalue weighted by Crippen LogP contribution is -2.64. The average molecular weight is 435 g/mol. The molecule has 0 radical (unpaired) electrons. The highest BCUT2D eigenvalue weighted by molar-refractivity contribution is 6.08. The second-order valence-corrected chi connectivity index (χ2v) is 8.17. The maximum absolute atomic E-state index is 13.3. The van der Waals surface area contributed by atoms with Crippen LogP contribution >= 0.6 is 0 Å². The molecular formula is C22H25N7O3. The van der Waals surface area contributed by atoms with Crippen LogP contribution in [0.3, 0.4) is 0 Å². The Labute approximate surface area is 185 Å². The summed E-state index contributed by atoms with van der Waals surface area (Å²) >= 11 is 0. The first-order valence-electron chi connectivity index (χ1n) is 10.5. The molecule has 1 N–H and O–H groups in total. The number of ether oxygens (including phenoxy) is 1. The van der Waals surface area contributed by atoms with Crippen molar-refractivity contribution in [2.75, 3.05) is 42.4 Å². The van der Waals surface area contributed by atoms with Gasteiger partial charge in [-0.15, -0.1) is 0 Å². The number of oxazole rings is 1. The predicted octanol–water partition coefficient (Wildman–Crippen LogP) is 2.85. The number of nitrogens with zero attached hydrogens (tertiary/aromatic N) is 6. The number of nitrogens with one attached hydrogen (secondary N) is 1. The van der Waals surface area contributed by atoms with Gasteiger partial charge in [-0.2, -0.15) is 4.98 Å². The lowest BCUT2D eigenvalue weighted by Gasteiger charge is -2.49. The number of hydrogen-bond acceptors (Lipinski definition) is 9. The van der Waals surface area contributed by atoms with E-state index in [2.05, 4.69) is 20.3 Å². The smallest absolute Gasteiger partial charge is 0.252 e. The summed E-state index contributed by atoms with van der Waals surface area (Å²) in [6.45, 7) is 4.79. The van der Waals surface area contributed by atoms with Gasteiger partial charge in [0.1, 0.15) is 16.9 Å². The van der Waals surface area contributed by atoms with Crippen LogP contribution in [0, 0.1) is 13.8 Å². The van der Waals surface area contributed by atoms with Gasteiger partial charge in [0.25, 0.3) is 5.91 Å². The van der Waals surface area contributed by atoms with Gasteiger partial charge in [-0.05, 0) is 19.1 Å². The molecule has 5 heterocycles. The summed E-state index contributed by atoms with van der Waals surface area (Å²) in [6, 6.07) is 3.74. The molecule has 0 unspecified atom stereocenters. The number of aromatic nitrogens is 4. The molecule has 0 aliphatic carbocycles. The first-order chi connectivity index (χ1) is 15.4. The van der Waals surface area contributed by atoms with E-state index in [1.165, 1.54) is 0 Å². The summed E-state index contributed by atoms with van der Waals surface area (Å²) in [5, 5.41) is 3.23. The molecule has 166 valence electrons. The summed E-state index contributed by atoms with van der Waals surface area (Å²) in [7, 11) is 3.73. The van der Waals surface area contributed by atoms with Crippen LogP contribution in [0.5, 0.6) is 0 Å². The molecule has 32 heavy (non-hydrogen) atoms. The van der Waals surface area contributed by atoms with Crippen molar-refractivity contribution in [3.63, 3.8) is 0 Å². The molecule has 0 bridgehead atoms. The number of carbonyl (C=O) groups is 1. The molecule has 0 aromatic carbocycles. The second-order valence-electron chi connectivity index (χ2n) is 8.17. The van der Waals surface area contributed by atoms with Crippen molar-refractivity contribution in [2.24, 2.45) is 0 Å². The zero-order valence-electron chi connectivity index (χ0n) is 18.5. The Morgan fingerprint density at radius 1 is 1.06 bits per heavy atom. The van der Waals surface area contributed by atoms with E-state index in [-0.39, 0.29) is 5.91 Å². The molecule has 10 heteroatoms. The van der Waals surface area contributed by atoms with Gasteiger partial charge in [0, 0.05) is 47.1 Å². The summed E-state index contributed by atoms with van der Waals surface area (Å²) < 4.78 is 11.1. The first kappa shape index (κ1) is 20.4. The predicted molar refractivity (Wildman–Crippen MR) is 119 cm³/mol. The lowest BCUT2D eigenvalue weighted by molar-refractivity contribution is -0.127. The van der Waals surface area contributed by atoms with Crippen molar-refractivity contribution in [1.29, 1.82) is 0 Å². The SMILES string of the molecule is Cc1ncc(-c2ccc(Nc3nc(C)c4c(n3)N(C)C3(CCOCC3)C(=O)N4C)cn2)o1. The molecular weight excluding hydrogens is 410 g/mol. The Kier molecular flexibility index (Phi) is 4.81. The van der Waals surface area contributed by atoms with E-state index in [0.717, 1.165) is 22.9 Å². The number of anilines is 4. The quantitative estimate of drug-likeness (QED) is 0.664. The number of pyridine rings is 1. The molecule has 0 saturated carbocycles. The third-order valence-electron chi connectivity index (χ3n) is 6.25. The summed E-state index contributed by atoms with van der Waals surface area (Å²) in [4.78, 5) is 34.9. The Morgan fingerprint density at radius 2 is 1.84 bits per heavy atom. The maximum atomic E-state index is 13.3. The normalized spacial score (nSPS) is 17.6. The molecule has 2 aliphatic heterocycles. The second kappa shape index (κ2) is 7.56. The van der Waals surface area contributed by atoms with Gasteiger partial charge in [-0.3, -0.25) is 9.78 Å². The lowest BCUT2D eigenvalue weighted by atomic mass is 9.84. The molecule has 1 fully saturated rings. The third kappa shape index (κ3) is 3.18. The molecule has 1 spiro atoms. The van der Waals surface area contributed by atoms with Gasteiger partial charge in [-0.1, -0.05) is 0 Å². The molecule has 3 aromatic rings. The maximum Gasteiger partial charge on any atom is 0.252 e. The minimum Gasteiger partial charge on any atom is -0.439 e. The van der Waals surface area contributed by atoms with E-state index >= 15 is 0 Å². The van der Waals surface area contributed by atoms with Crippen LogP contribution in [0.2, 0.25) is 0 Å². The number of fused-ring (bicyclic) bond motifs is 1. The van der Waals surface area contributed by atoms with Crippen LogP contribution in [0.15, 0.2) is 28.9 Å². The highest BCUT2D eigenvalue weighted by atomic mass is 16.5. The minimum absolute atomic E-state index is 0.0608. The molecule has 10 nitrogen and oxygen atoms in total. The number of carbonyl (C=O) groups excluding carboxylic acids is 1. The number of aryl methyl sites for hydroxylation is 2. The first-order valence-corrected chi connectivity index (χ1v) is 10.5. The molecule has 5 rings (SSSR count). The topological polar surface area (TPSA) is 110 Å². The van der Waals surface area contributed by atoms with E-state index in [4.69, 9.17) is 14.1 Å². The van der Waals surface area contributed by atoms with Crippen molar-refractivity contribution in [3.8, 4) is 11.5 Å². The highest BCUT2D eigenvalue weighted by Gasteiger charge is 2.51. The average Bonchev–Trinajstić information content (AvgIpc) is 3.23. The van der Waals surface area contributed by atoms with E-state index in [1.54, 1.807) is 31.3 Å². The molecule has 1 saturated heterocycles. The van der Waals surface area contributed by atoms with Crippen LogP contribution in [0.1, 0.15) is 24.4 Å². The highest BCUT2D eigenvalue weighted by Crippen LogP contribution is 2.43. The van der Waals surface area contributed by atoms with Crippen LogP contribution < -0.4 is 15.1 Å². The molecule has 2 aliphatic rings. The Bertz CT molecular complexity index is 1170. The fourth-order valence-electron chi connectivity index (χ4n) is 4.48. The summed E-state index contributed by atoms with van der Waals surface area (Å²) in [6.07, 6.45) is 4.61. The van der Waals surface area contributed by atoms with E-state index in [9.17, 15) is 4.79 Å². The number of likely N-dealkylation sites (N-methyl/N-ethyl adjacent to an activating group) is 2. The van der Waals surface area contributed by atoms with Gasteiger partial charge in [0.2, 0.25) is 5.95 Å². The minimum atomic E-state index is -0.642. The fourth-order valence-corrected chi connectivity index (χ4v) is 4.48. The van der Waals surface area contributed by atoms with Gasteiger partial charge in [0.15, 0.2) is 17.5 Å². The molecule has 1 amide bonds. The van der Waals surface area contributed by atoms with E-state index < -0.39 is 5.54 Å². The third-order valence-corrected chi connectivity index (χ3v) is 6.25. The van der Waals surface area contributed by atoms with Crippen molar-refractivity contribution in [3.05, 3.63) is 36.1 Å². The standard InChI is InChI=1S/C22H25N7O3/c1-13-18-19(29(4)22(20(30)28(18)3)7-9-31-10-8-22)27-21(25-13)26-15-5-6-16(24-11-15)17-12-23-14(2)32-17/h5-6,11-12H,7-10H2,1-4H3,(H,25,26,27). The van der Waals surface area contributed by atoms with Crippen molar-refractivity contribution in [1.82, 2.24) is 19.9 Å². The number of rotatable bonds is 3. The van der Waals surface area contributed by atoms with Crippen LogP contribution in [0.4, 0.5) is 23.1 Å². The van der Waals surface area contributed by atoms with E-state index in [0.29, 0.717) is 49.3 Å². The van der Waals surface area contributed by atoms with Crippen LogP contribution in [-0.4, -0.2) is 58.7 Å². The monoisotopic (exact) mass is 435 g/mol. The number of hydrogen-bond donors (Lipinski definition) is 1. The van der Waals surface area contributed by atoms with Gasteiger partial charge >= 0.3 is 0 Å². The van der Waals surface area contributed by atoms with Gasteiger partial charge < -0.3 is 24.3 Å². The molecule has 0 atom stereocenters. The van der Waals surface area contributed by atoms with E-state index in [1.807, 2.05) is 31.0 Å². The molecule has 3 aromatic heterocycles. The zero-order valence-corrected chi connectivity index (χ0v) is 18.5. The Morgan fingerprint density at radius 3 is 2.50 bits per heavy atom.